The highest BCUT2D eigenvalue weighted by atomic mass is 19.4. The van der Waals surface area contributed by atoms with E-state index in [0.29, 0.717) is 6.92 Å². The number of rotatable bonds is 3. The van der Waals surface area contributed by atoms with E-state index in [0.717, 1.165) is 0 Å². The summed E-state index contributed by atoms with van der Waals surface area (Å²) in [5.41, 5.74) is 6.12. The van der Waals surface area contributed by atoms with Crippen molar-refractivity contribution < 1.29 is 23.1 Å². The summed E-state index contributed by atoms with van der Waals surface area (Å²) in [7, 11) is 0. The van der Waals surface area contributed by atoms with Crippen molar-refractivity contribution in [3.05, 3.63) is 0 Å². The Morgan fingerprint density at radius 2 is 2.08 bits per heavy atom. The van der Waals surface area contributed by atoms with Gasteiger partial charge in [-0.1, -0.05) is 6.92 Å². The van der Waals surface area contributed by atoms with Crippen LogP contribution in [0, 0.1) is 11.4 Å². The highest BCUT2D eigenvalue weighted by molar-refractivity contribution is 5.71. The molecule has 0 rings (SSSR count). The quantitative estimate of drug-likeness (QED) is 0.503. The van der Waals surface area contributed by atoms with Crippen LogP contribution in [-0.2, 0) is 4.79 Å². The number of carbonyl (C=O) groups excluding carboxylic acids is 1. The first kappa shape index (κ1) is 11.6. The van der Waals surface area contributed by atoms with E-state index in [1.165, 1.54) is 0 Å². The highest BCUT2D eigenvalue weighted by Gasteiger charge is 2.44. The van der Waals surface area contributed by atoms with Crippen molar-refractivity contribution in [3.8, 4) is 0 Å². The molecule has 0 amide bonds. The monoisotopic (exact) mass is 197 g/mol. The molecule has 1 N–H and O–H groups in total. The molecule has 0 fully saturated rings. The number of nitrogens with zero attached hydrogens (tertiary/aromatic N) is 2. The Hall–Kier alpha value is -1.43. The number of halogens is 3. The van der Waals surface area contributed by atoms with Crippen LogP contribution in [0.15, 0.2) is 5.11 Å². The number of carbonyl (C=O) groups is 1. The minimum absolute atomic E-state index is 0.634. The van der Waals surface area contributed by atoms with Crippen LogP contribution in [-0.4, -0.2) is 18.2 Å². The zero-order valence-electron chi connectivity index (χ0n) is 6.50. The number of carboxylic acids is 1. The molecule has 2 atom stereocenters. The van der Waals surface area contributed by atoms with E-state index in [-0.39, 0.29) is 0 Å². The average Bonchev–Trinajstić information content (AvgIpc) is 1.96. The topological polar surface area (TPSA) is 90.4 Å². The van der Waals surface area contributed by atoms with Gasteiger partial charge in [-0.3, -0.25) is 0 Å². The largest absolute Gasteiger partial charge is 0.548 e. The SMILES string of the molecule is C[C@H](C(N=[N+]=N)C(=O)[O-])C(F)(F)F. The lowest BCUT2D eigenvalue weighted by atomic mass is 10.0. The Labute approximate surface area is 70.8 Å². The van der Waals surface area contributed by atoms with Crippen molar-refractivity contribution in [2.24, 2.45) is 11.0 Å². The Morgan fingerprint density at radius 3 is 2.31 bits per heavy atom. The van der Waals surface area contributed by atoms with Gasteiger partial charge < -0.3 is 9.90 Å². The molecule has 0 aromatic carbocycles. The van der Waals surface area contributed by atoms with E-state index >= 15 is 0 Å². The van der Waals surface area contributed by atoms with Crippen molar-refractivity contribution in [2.75, 3.05) is 0 Å². The third-order valence-electron chi connectivity index (χ3n) is 1.41. The van der Waals surface area contributed by atoms with Gasteiger partial charge in [0.25, 0.3) is 0 Å². The Bertz CT molecular complexity index is 244. The van der Waals surface area contributed by atoms with E-state index in [9.17, 15) is 23.1 Å². The lowest BCUT2D eigenvalue weighted by molar-refractivity contribution is -0.312. The Morgan fingerprint density at radius 1 is 1.62 bits per heavy atom. The van der Waals surface area contributed by atoms with Gasteiger partial charge in [-0.2, -0.15) is 13.2 Å². The molecular weight excluding hydrogens is 191 g/mol. The fourth-order valence-corrected chi connectivity index (χ4v) is 0.592. The molecule has 0 aromatic rings. The van der Waals surface area contributed by atoms with Gasteiger partial charge in [0.15, 0.2) is 6.04 Å². The number of carboxylic acid groups (broad SMARTS) is 1. The molecule has 1 unspecified atom stereocenters. The molecule has 0 aliphatic rings. The summed E-state index contributed by atoms with van der Waals surface area (Å²) in [6.45, 7) is 0.634. The van der Waals surface area contributed by atoms with Crippen LogP contribution in [0.2, 0.25) is 0 Å². The number of hydrogen-bond acceptors (Lipinski definition) is 4. The van der Waals surface area contributed by atoms with Crippen molar-refractivity contribution in [1.82, 2.24) is 4.91 Å². The smallest absolute Gasteiger partial charge is 0.394 e. The van der Waals surface area contributed by atoms with E-state index in [4.69, 9.17) is 5.53 Å². The second kappa shape index (κ2) is 3.99. The van der Waals surface area contributed by atoms with Crippen molar-refractivity contribution in [1.29, 1.82) is 5.53 Å². The third kappa shape index (κ3) is 3.20. The Kier molecular flexibility index (Phi) is 3.55. The minimum atomic E-state index is -4.70. The molecule has 0 saturated heterocycles. The number of alkyl halides is 3. The van der Waals surface area contributed by atoms with Crippen molar-refractivity contribution in [3.63, 3.8) is 0 Å². The first-order chi connectivity index (χ1) is 5.80. The molecule has 0 heterocycles. The molecule has 0 saturated carbocycles. The second-order valence-corrected chi connectivity index (χ2v) is 2.31. The molecule has 5 nitrogen and oxygen atoms in total. The van der Waals surface area contributed by atoms with Gasteiger partial charge in [0.2, 0.25) is 4.91 Å². The molecule has 0 spiro atoms. The maximum absolute atomic E-state index is 11.9. The van der Waals surface area contributed by atoms with Crippen LogP contribution in [0.3, 0.4) is 0 Å². The first-order valence-electron chi connectivity index (χ1n) is 3.15. The fourth-order valence-electron chi connectivity index (χ4n) is 0.592. The third-order valence-corrected chi connectivity index (χ3v) is 1.41. The van der Waals surface area contributed by atoms with Crippen molar-refractivity contribution >= 4 is 5.97 Å². The first-order valence-corrected chi connectivity index (χ1v) is 3.15. The maximum atomic E-state index is 11.9. The van der Waals surface area contributed by atoms with E-state index in [2.05, 4.69) is 10.0 Å². The summed E-state index contributed by atoms with van der Waals surface area (Å²) in [5.74, 6) is -4.22. The summed E-state index contributed by atoms with van der Waals surface area (Å²) in [6.07, 6.45) is -4.70. The lowest BCUT2D eigenvalue weighted by Gasteiger charge is -2.18. The van der Waals surface area contributed by atoms with Gasteiger partial charge in [-0.15, -0.1) is 0 Å². The van der Waals surface area contributed by atoms with Crippen LogP contribution < -0.4 is 10.0 Å². The molecular formula is C5H6F3N3O2. The number of nitrogens with one attached hydrogen (secondary N) is 1. The van der Waals surface area contributed by atoms with Crippen LogP contribution >= 0.6 is 0 Å². The van der Waals surface area contributed by atoms with Gasteiger partial charge in [-0.25, -0.2) is 0 Å². The zero-order chi connectivity index (χ0) is 10.6. The fraction of sp³-hybridized carbons (Fsp3) is 0.800. The van der Waals surface area contributed by atoms with E-state index in [1.807, 2.05) is 0 Å². The van der Waals surface area contributed by atoms with Gasteiger partial charge >= 0.3 is 6.18 Å². The van der Waals surface area contributed by atoms with Crippen LogP contribution in [0.25, 0.3) is 0 Å². The molecule has 0 aromatic heterocycles. The molecule has 0 aliphatic heterocycles. The van der Waals surface area contributed by atoms with E-state index in [1.54, 1.807) is 0 Å². The highest BCUT2D eigenvalue weighted by Crippen LogP contribution is 2.29. The lowest BCUT2D eigenvalue weighted by Crippen LogP contribution is -2.43. The predicted octanol–water partition coefficient (Wildman–Crippen LogP) is -0.146. The van der Waals surface area contributed by atoms with Gasteiger partial charge in [0.05, 0.1) is 11.9 Å². The average molecular weight is 197 g/mol. The summed E-state index contributed by atoms with van der Waals surface area (Å²) in [4.78, 5) is 12.4. The normalized spacial score (nSPS) is 15.7. The predicted molar refractivity (Wildman–Crippen MR) is 31.3 cm³/mol. The summed E-state index contributed by atoms with van der Waals surface area (Å²) >= 11 is 0. The molecule has 0 bridgehead atoms. The summed E-state index contributed by atoms with van der Waals surface area (Å²) in [5, 5.41) is 12.7. The number of aliphatic carboxylic acids is 1. The number of hydrogen-bond donors (Lipinski definition) is 1. The Balaban J connectivity index is 4.76. The minimum Gasteiger partial charge on any atom is -0.548 e. The van der Waals surface area contributed by atoms with Gasteiger partial charge in [0, 0.05) is 0 Å². The van der Waals surface area contributed by atoms with Crippen LogP contribution in [0.4, 0.5) is 13.2 Å². The van der Waals surface area contributed by atoms with Gasteiger partial charge in [-0.05, 0) is 0 Å². The second-order valence-electron chi connectivity index (χ2n) is 2.31. The van der Waals surface area contributed by atoms with Crippen LogP contribution in [0.1, 0.15) is 6.92 Å². The van der Waals surface area contributed by atoms with Crippen LogP contribution in [0.5, 0.6) is 0 Å². The standard InChI is InChI=1S/C5H6F3N3O2/c1-2(5(6,7)8)3(4(12)13)10-11-9/h2-3,9H,1H3/t2-,3?/m1/s1. The maximum Gasteiger partial charge on any atom is 0.394 e. The molecule has 74 valence electrons. The van der Waals surface area contributed by atoms with Crippen molar-refractivity contribution in [2.45, 2.75) is 19.1 Å². The van der Waals surface area contributed by atoms with Gasteiger partial charge in [0.1, 0.15) is 10.6 Å². The zero-order valence-corrected chi connectivity index (χ0v) is 6.50. The molecule has 8 heteroatoms. The molecule has 0 radical (unpaired) electrons. The summed E-state index contributed by atoms with van der Waals surface area (Å²) < 4.78 is 35.8. The molecule has 13 heavy (non-hydrogen) atoms. The van der Waals surface area contributed by atoms with E-state index < -0.39 is 24.1 Å². The summed E-state index contributed by atoms with van der Waals surface area (Å²) in [6, 6.07) is -2.16. The molecule has 0 aliphatic carbocycles.